The number of nitrogens with zero attached hydrogens (tertiary/aromatic N) is 1. The van der Waals surface area contributed by atoms with Crippen LogP contribution in [0.3, 0.4) is 0 Å². The Morgan fingerprint density at radius 3 is 2.00 bits per heavy atom. The van der Waals surface area contributed by atoms with Crippen LogP contribution < -0.4 is 5.32 Å². The second kappa shape index (κ2) is 13.0. The first-order valence-electron chi connectivity index (χ1n) is 12.7. The number of hydrogen-bond donors (Lipinski definition) is 1. The SMILES string of the molecule is CC(C)NC(=O)[C@@H](Cc1ccccc1)N(Cc1ccc(F)cc1)C(=O)CCc1ccc(C(C)C)cc1. The molecule has 1 atom stereocenters. The summed E-state index contributed by atoms with van der Waals surface area (Å²) in [5.41, 5.74) is 4.10. The highest BCUT2D eigenvalue weighted by Gasteiger charge is 2.30. The van der Waals surface area contributed by atoms with E-state index in [-0.39, 0.29) is 36.6 Å². The van der Waals surface area contributed by atoms with Crippen LogP contribution in [0, 0.1) is 5.82 Å². The highest BCUT2D eigenvalue weighted by Crippen LogP contribution is 2.19. The molecule has 36 heavy (non-hydrogen) atoms. The van der Waals surface area contributed by atoms with Gasteiger partial charge < -0.3 is 10.2 Å². The van der Waals surface area contributed by atoms with E-state index in [4.69, 9.17) is 0 Å². The maximum Gasteiger partial charge on any atom is 0.243 e. The van der Waals surface area contributed by atoms with Gasteiger partial charge in [0.2, 0.25) is 11.8 Å². The summed E-state index contributed by atoms with van der Waals surface area (Å²) in [5.74, 6) is -0.178. The number of benzene rings is 3. The Labute approximate surface area is 214 Å². The van der Waals surface area contributed by atoms with Crippen molar-refractivity contribution in [1.29, 1.82) is 0 Å². The van der Waals surface area contributed by atoms with Crippen molar-refractivity contribution in [2.45, 2.75) is 71.5 Å². The molecule has 0 saturated heterocycles. The molecule has 0 heterocycles. The van der Waals surface area contributed by atoms with Gasteiger partial charge in [-0.3, -0.25) is 9.59 Å². The topological polar surface area (TPSA) is 49.4 Å². The second-order valence-corrected chi connectivity index (χ2v) is 9.91. The maximum absolute atomic E-state index is 13.7. The van der Waals surface area contributed by atoms with Gasteiger partial charge in [0, 0.05) is 25.4 Å². The van der Waals surface area contributed by atoms with Crippen LogP contribution in [0.25, 0.3) is 0 Å². The van der Waals surface area contributed by atoms with Gasteiger partial charge >= 0.3 is 0 Å². The average molecular weight is 489 g/mol. The van der Waals surface area contributed by atoms with Crippen LogP contribution in [0.1, 0.15) is 62.3 Å². The summed E-state index contributed by atoms with van der Waals surface area (Å²) >= 11 is 0. The van der Waals surface area contributed by atoms with Crippen LogP contribution in [0.4, 0.5) is 4.39 Å². The molecule has 0 saturated carbocycles. The smallest absolute Gasteiger partial charge is 0.243 e. The Kier molecular flexibility index (Phi) is 9.80. The zero-order valence-corrected chi connectivity index (χ0v) is 21.7. The number of carbonyl (C=O) groups is 2. The molecule has 3 aromatic rings. The molecule has 2 amide bonds. The lowest BCUT2D eigenvalue weighted by Crippen LogP contribution is -2.51. The van der Waals surface area contributed by atoms with Gasteiger partial charge in [-0.1, -0.05) is 80.6 Å². The van der Waals surface area contributed by atoms with Crippen LogP contribution in [-0.4, -0.2) is 28.8 Å². The number of halogens is 1. The minimum atomic E-state index is -0.685. The summed E-state index contributed by atoms with van der Waals surface area (Å²) in [6, 6.07) is 23.4. The largest absolute Gasteiger partial charge is 0.352 e. The van der Waals surface area contributed by atoms with Gasteiger partial charge in [0.25, 0.3) is 0 Å². The van der Waals surface area contributed by atoms with Crippen molar-refractivity contribution in [2.24, 2.45) is 0 Å². The van der Waals surface area contributed by atoms with Crippen molar-refractivity contribution in [3.8, 4) is 0 Å². The molecule has 0 aromatic heterocycles. The number of nitrogens with one attached hydrogen (secondary N) is 1. The quantitative estimate of drug-likeness (QED) is 0.357. The van der Waals surface area contributed by atoms with E-state index in [1.54, 1.807) is 17.0 Å². The second-order valence-electron chi connectivity index (χ2n) is 9.91. The van der Waals surface area contributed by atoms with E-state index in [1.165, 1.54) is 17.7 Å². The van der Waals surface area contributed by atoms with E-state index >= 15 is 0 Å². The predicted molar refractivity (Wildman–Crippen MR) is 143 cm³/mol. The average Bonchev–Trinajstić information content (AvgIpc) is 2.86. The van der Waals surface area contributed by atoms with E-state index < -0.39 is 6.04 Å². The Balaban J connectivity index is 1.87. The zero-order chi connectivity index (χ0) is 26.1. The summed E-state index contributed by atoms with van der Waals surface area (Å²) in [6.07, 6.45) is 1.26. The van der Waals surface area contributed by atoms with Crippen LogP contribution in [0.15, 0.2) is 78.9 Å². The summed E-state index contributed by atoms with van der Waals surface area (Å²) in [4.78, 5) is 28.7. The van der Waals surface area contributed by atoms with Gasteiger partial charge in [0.15, 0.2) is 0 Å². The fourth-order valence-electron chi connectivity index (χ4n) is 4.19. The first-order chi connectivity index (χ1) is 17.2. The minimum Gasteiger partial charge on any atom is -0.352 e. The number of carbonyl (C=O) groups excluding carboxylic acids is 2. The third kappa shape index (κ3) is 8.04. The third-order valence-electron chi connectivity index (χ3n) is 6.24. The highest BCUT2D eigenvalue weighted by atomic mass is 19.1. The molecule has 0 aliphatic rings. The Hall–Kier alpha value is -3.47. The molecule has 0 spiro atoms. The molecular weight excluding hydrogens is 451 g/mol. The van der Waals surface area contributed by atoms with Crippen LogP contribution >= 0.6 is 0 Å². The Morgan fingerprint density at radius 1 is 0.806 bits per heavy atom. The summed E-state index contributed by atoms with van der Waals surface area (Å²) in [6.45, 7) is 8.35. The van der Waals surface area contributed by atoms with Gasteiger partial charge in [-0.15, -0.1) is 0 Å². The minimum absolute atomic E-state index is 0.0574. The normalized spacial score (nSPS) is 12.0. The standard InChI is InChI=1S/C31H37FN2O2/c1-22(2)27-15-10-24(11-16-27)14-19-30(35)34(21-26-12-17-28(32)18-13-26)29(31(36)33-23(3)4)20-25-8-6-5-7-9-25/h5-13,15-18,22-23,29H,14,19-21H2,1-4H3,(H,33,36)/t29-/m1/s1. The molecule has 0 bridgehead atoms. The van der Waals surface area contributed by atoms with Gasteiger partial charge in [-0.2, -0.15) is 0 Å². The summed E-state index contributed by atoms with van der Waals surface area (Å²) in [7, 11) is 0. The van der Waals surface area contributed by atoms with Crippen molar-refractivity contribution in [3.05, 3.63) is 107 Å². The molecule has 3 rings (SSSR count). The first-order valence-corrected chi connectivity index (χ1v) is 12.7. The first kappa shape index (κ1) is 27.1. The maximum atomic E-state index is 13.7. The lowest BCUT2D eigenvalue weighted by molar-refractivity contribution is -0.141. The van der Waals surface area contributed by atoms with Gasteiger partial charge in [-0.05, 0) is 60.6 Å². The van der Waals surface area contributed by atoms with Gasteiger partial charge in [-0.25, -0.2) is 4.39 Å². The molecular formula is C31H37FN2O2. The third-order valence-corrected chi connectivity index (χ3v) is 6.24. The van der Waals surface area contributed by atoms with Gasteiger partial charge in [0.1, 0.15) is 11.9 Å². The molecule has 0 fully saturated rings. The van der Waals surface area contributed by atoms with E-state index in [0.29, 0.717) is 18.8 Å². The molecule has 3 aromatic carbocycles. The Morgan fingerprint density at radius 2 is 1.42 bits per heavy atom. The van der Waals surface area contributed by atoms with Crippen LogP contribution in [0.5, 0.6) is 0 Å². The van der Waals surface area contributed by atoms with Crippen molar-refractivity contribution in [1.82, 2.24) is 10.2 Å². The number of rotatable bonds is 11. The monoisotopic (exact) mass is 488 g/mol. The fraction of sp³-hybridized carbons (Fsp3) is 0.355. The number of amides is 2. The molecule has 4 nitrogen and oxygen atoms in total. The van der Waals surface area contributed by atoms with Crippen molar-refractivity contribution in [2.75, 3.05) is 0 Å². The predicted octanol–water partition coefficient (Wildman–Crippen LogP) is 6.05. The zero-order valence-electron chi connectivity index (χ0n) is 21.7. The molecule has 0 radical (unpaired) electrons. The summed E-state index contributed by atoms with van der Waals surface area (Å²) < 4.78 is 13.5. The molecule has 190 valence electrons. The molecule has 0 aliphatic heterocycles. The van der Waals surface area contributed by atoms with Crippen molar-refractivity contribution >= 4 is 11.8 Å². The number of hydrogen-bond acceptors (Lipinski definition) is 2. The highest BCUT2D eigenvalue weighted by molar-refractivity contribution is 5.88. The van der Waals surface area contributed by atoms with E-state index in [9.17, 15) is 14.0 Å². The van der Waals surface area contributed by atoms with E-state index in [1.807, 2.05) is 44.2 Å². The molecule has 1 N–H and O–H groups in total. The molecule has 0 aliphatic carbocycles. The van der Waals surface area contributed by atoms with Crippen molar-refractivity contribution < 1.29 is 14.0 Å². The lowest BCUT2D eigenvalue weighted by atomic mass is 9.99. The van der Waals surface area contributed by atoms with E-state index in [2.05, 4.69) is 43.4 Å². The molecule has 0 unspecified atom stereocenters. The fourth-order valence-corrected chi connectivity index (χ4v) is 4.19. The van der Waals surface area contributed by atoms with Crippen LogP contribution in [-0.2, 0) is 29.0 Å². The van der Waals surface area contributed by atoms with Crippen molar-refractivity contribution in [3.63, 3.8) is 0 Å². The van der Waals surface area contributed by atoms with Gasteiger partial charge in [0.05, 0.1) is 0 Å². The lowest BCUT2D eigenvalue weighted by Gasteiger charge is -2.32. The number of aryl methyl sites for hydroxylation is 1. The van der Waals surface area contributed by atoms with Crippen LogP contribution in [0.2, 0.25) is 0 Å². The summed E-state index contributed by atoms with van der Waals surface area (Å²) in [5, 5.41) is 2.99. The van der Waals surface area contributed by atoms with E-state index in [0.717, 1.165) is 16.7 Å². The molecule has 5 heteroatoms. The Bertz CT molecular complexity index is 1110.